The van der Waals surface area contributed by atoms with Crippen LogP contribution in [0.1, 0.15) is 67.5 Å². The molecule has 2 aromatic carbocycles. The number of aliphatic hydroxyl groups excluding tert-OH is 1. The summed E-state index contributed by atoms with van der Waals surface area (Å²) < 4.78 is 19.3. The van der Waals surface area contributed by atoms with Crippen LogP contribution < -0.4 is 9.64 Å². The fourth-order valence-electron chi connectivity index (χ4n) is 13.7. The number of allylic oxidation sites excluding steroid dienone is 1. The maximum Gasteiger partial charge on any atom is 0.310 e. The summed E-state index contributed by atoms with van der Waals surface area (Å²) in [6.45, 7) is 6.88. The lowest BCUT2D eigenvalue weighted by atomic mass is 9.50. The molecule has 7 heterocycles. The highest BCUT2D eigenvalue weighted by Crippen LogP contribution is 2.65. The summed E-state index contributed by atoms with van der Waals surface area (Å²) in [5.74, 6) is 1.14. The van der Waals surface area contributed by atoms with E-state index < -0.39 is 14.9 Å². The van der Waals surface area contributed by atoms with Crippen LogP contribution in [0, 0.1) is 29.6 Å². The van der Waals surface area contributed by atoms with Gasteiger partial charge in [0.2, 0.25) is 0 Å². The molecule has 5 fully saturated rings. The number of nitrogens with zero attached hydrogens (tertiary/aromatic N) is 4. The molecule has 0 radical (unpaired) electrons. The number of aryl methyl sites for hydroxylation is 1. The van der Waals surface area contributed by atoms with E-state index in [1.165, 1.54) is 39.0 Å². The highest BCUT2D eigenvalue weighted by atomic mass is 35.6. The molecule has 0 unspecified atom stereocenters. The molecule has 6 aliphatic heterocycles. The molecule has 12 atom stereocenters. The number of fused-ring (bicyclic) bond motifs is 10. The number of piperidine rings is 3. The first kappa shape index (κ1) is 45.0. The maximum atomic E-state index is 14.1. The summed E-state index contributed by atoms with van der Waals surface area (Å²) in [6.07, 6.45) is 5.25. The van der Waals surface area contributed by atoms with E-state index in [0.717, 1.165) is 50.1 Å². The summed E-state index contributed by atoms with van der Waals surface area (Å²) in [7, 11) is 10.1. The highest BCUT2D eigenvalue weighted by molar-refractivity contribution is 6.63. The lowest BCUT2D eigenvalue weighted by Gasteiger charge is -2.63. The molecule has 0 spiro atoms. The molecule has 9 nitrogen and oxygen atoms in total. The van der Waals surface area contributed by atoms with E-state index in [4.69, 9.17) is 83.8 Å². The molecule has 1 saturated carbocycles. The van der Waals surface area contributed by atoms with Crippen molar-refractivity contribution < 1.29 is 24.1 Å². The lowest BCUT2D eigenvalue weighted by Crippen LogP contribution is -2.72. The van der Waals surface area contributed by atoms with E-state index in [2.05, 4.69) is 96.7 Å². The number of likely N-dealkylation sites (N-methyl/N-ethyl adjacent to an activating group) is 2. The minimum absolute atomic E-state index is 0.0363. The summed E-state index contributed by atoms with van der Waals surface area (Å²) in [5, 5.41) is 13.2. The average Bonchev–Trinajstić information content (AvgIpc) is 3.63. The number of benzene rings is 2. The van der Waals surface area contributed by atoms with Crippen molar-refractivity contribution in [1.82, 2.24) is 14.4 Å². The van der Waals surface area contributed by atoms with E-state index in [0.29, 0.717) is 24.6 Å². The van der Waals surface area contributed by atoms with Gasteiger partial charge in [0.1, 0.15) is 5.75 Å². The summed E-state index contributed by atoms with van der Waals surface area (Å²) in [4.78, 5) is 21.8. The number of esters is 1. The van der Waals surface area contributed by atoms with Crippen molar-refractivity contribution in [3.63, 3.8) is 0 Å². The average molecular weight is 946 g/mol. The third kappa shape index (κ3) is 7.07. The molecule has 1 N–H and O–H groups in total. The smallest absolute Gasteiger partial charge is 0.310 e. The van der Waals surface area contributed by atoms with Gasteiger partial charge in [-0.2, -0.15) is 0 Å². The Morgan fingerprint density at radius 1 is 1.00 bits per heavy atom. The Balaban J connectivity index is 0.000000576. The first-order valence-corrected chi connectivity index (χ1v) is 23.6. The minimum atomic E-state index is -0.865. The fraction of sp³-hybridized carbons (Fsp3) is 0.622. The predicted octanol–water partition coefficient (Wildman–Crippen LogP) is 9.36. The SMILES string of the molecule is C/C=C1/CN2CC[C@@]34c5cc([C@@H](C)[C@H]6[C@@H]7C[C@H]8c9c(c%10ccccc%10n9C)C[C@@H]([C@@H]7CO[C@@H]6O)N8C)c(OC)cc5N(C)[C@H]3[C@@H]2C[C@@H]1[C@H]4C(=O)OC.ClC(Cl)Cl.ClC(Cl)Cl. The molecule has 1 aliphatic carbocycles. The molecule has 5 bridgehead atoms. The van der Waals surface area contributed by atoms with Crippen LogP contribution in [0.5, 0.6) is 5.75 Å². The van der Waals surface area contributed by atoms with Crippen LogP contribution in [0.4, 0.5) is 5.69 Å². The van der Waals surface area contributed by atoms with Gasteiger partial charge in [-0.1, -0.05) is 106 Å². The maximum absolute atomic E-state index is 14.1. The third-order valence-electron chi connectivity index (χ3n) is 15.9. The Bertz CT molecular complexity index is 2120. The van der Waals surface area contributed by atoms with Gasteiger partial charge >= 0.3 is 5.97 Å². The zero-order valence-corrected chi connectivity index (χ0v) is 39.7. The minimum Gasteiger partial charge on any atom is -0.496 e. The monoisotopic (exact) mass is 942 g/mol. The molecular weight excluding hydrogens is 889 g/mol. The number of aromatic nitrogens is 1. The van der Waals surface area contributed by atoms with Crippen LogP contribution in [0.25, 0.3) is 10.9 Å². The van der Waals surface area contributed by atoms with Crippen LogP contribution in [0.15, 0.2) is 48.0 Å². The molecule has 60 heavy (non-hydrogen) atoms. The van der Waals surface area contributed by atoms with Crippen molar-refractivity contribution in [3.8, 4) is 5.75 Å². The first-order valence-electron chi connectivity index (χ1n) is 20.9. The normalized spacial score (nSPS) is 34.9. The van der Waals surface area contributed by atoms with Gasteiger partial charge in [-0.15, -0.1) is 0 Å². The molecule has 0 amide bonds. The Morgan fingerprint density at radius 2 is 1.70 bits per heavy atom. The van der Waals surface area contributed by atoms with Crippen molar-refractivity contribution in [2.75, 3.05) is 52.9 Å². The third-order valence-corrected chi connectivity index (χ3v) is 15.9. The number of carbonyl (C=O) groups is 1. The standard InChI is InChI=1S/C43H54N4O5.2CHCl3/c1-8-23-20-47-14-13-43-30-15-25(36(50-6)19-33(30)46(5)40(43)35(47)16-26(23)38(43)42(49)51-7)22(2)37-27-17-34-39-28(24-11-9-10-12-31(24)45(39)4)18-32(44(34)3)29(27)21-52-41(37)48;2*2-1(3)4/h8-12,15,19,22,26-27,29,32,34-35,37-38,40-41,48H,13-14,16-18,20-21H2,1-7H3;2*1H/b23-8-;;/t22-,26+,27-,29-,32+,34+,35+,37+,38+,40+,41+,43+;;/m1../s1. The van der Waals surface area contributed by atoms with E-state index in [1.54, 1.807) is 14.2 Å². The Kier molecular flexibility index (Phi) is 13.0. The van der Waals surface area contributed by atoms with Crippen molar-refractivity contribution in [1.29, 1.82) is 0 Å². The fourth-order valence-corrected chi connectivity index (χ4v) is 13.7. The van der Waals surface area contributed by atoms with Crippen LogP contribution in [-0.2, 0) is 33.2 Å². The largest absolute Gasteiger partial charge is 0.496 e. The van der Waals surface area contributed by atoms with Gasteiger partial charge in [-0.3, -0.25) is 14.6 Å². The second-order valence-electron chi connectivity index (χ2n) is 17.7. The van der Waals surface area contributed by atoms with Crippen molar-refractivity contribution >= 4 is 92.2 Å². The molecule has 10 rings (SSSR count). The number of alkyl halides is 6. The number of methoxy groups -OCH3 is 2. The second kappa shape index (κ2) is 17.4. The van der Waals surface area contributed by atoms with Crippen LogP contribution in [0.3, 0.4) is 0 Å². The Labute approximate surface area is 384 Å². The van der Waals surface area contributed by atoms with Crippen LogP contribution >= 0.6 is 69.6 Å². The predicted molar refractivity (Wildman–Crippen MR) is 243 cm³/mol. The number of aliphatic hydroxyl groups is 1. The second-order valence-corrected chi connectivity index (χ2v) is 21.7. The Morgan fingerprint density at radius 3 is 2.37 bits per heavy atom. The van der Waals surface area contributed by atoms with Gasteiger partial charge in [0.25, 0.3) is 0 Å². The number of hydrogen-bond acceptors (Lipinski definition) is 8. The number of anilines is 1. The Hall–Kier alpha value is -1.63. The number of para-hydroxylation sites is 1. The molecule has 7 aliphatic rings. The van der Waals surface area contributed by atoms with Crippen molar-refractivity contribution in [3.05, 3.63) is 70.4 Å². The number of hydrogen-bond donors (Lipinski definition) is 1. The van der Waals surface area contributed by atoms with Gasteiger partial charge in [0.05, 0.1) is 38.8 Å². The summed E-state index contributed by atoms with van der Waals surface area (Å²) in [6, 6.07) is 14.6. The van der Waals surface area contributed by atoms with Crippen molar-refractivity contribution in [2.45, 2.75) is 89.9 Å². The van der Waals surface area contributed by atoms with E-state index in [1.807, 2.05) is 0 Å². The van der Waals surface area contributed by atoms with E-state index in [9.17, 15) is 9.90 Å². The molecule has 1 aromatic heterocycles. The topological polar surface area (TPSA) is 79.6 Å². The molecule has 4 saturated heterocycles. The molecular formula is C45H56Cl6N4O5. The number of halogens is 6. The summed E-state index contributed by atoms with van der Waals surface area (Å²) >= 11 is 28.8. The van der Waals surface area contributed by atoms with Gasteiger partial charge in [0, 0.05) is 78.3 Å². The summed E-state index contributed by atoms with van der Waals surface area (Å²) in [5.41, 5.74) is 8.76. The van der Waals surface area contributed by atoms with Crippen LogP contribution in [-0.4, -0.2) is 106 Å². The number of rotatable bonds is 4. The lowest BCUT2D eigenvalue weighted by molar-refractivity contribution is -0.226. The van der Waals surface area contributed by atoms with Gasteiger partial charge in [0.15, 0.2) is 14.9 Å². The van der Waals surface area contributed by atoms with Crippen LogP contribution in [0.2, 0.25) is 0 Å². The zero-order valence-electron chi connectivity index (χ0n) is 35.1. The number of ether oxygens (including phenoxy) is 3. The number of carbonyl (C=O) groups excluding carboxylic acids is 1. The van der Waals surface area contributed by atoms with E-state index >= 15 is 0 Å². The molecule has 3 aromatic rings. The molecule has 15 heteroatoms. The first-order chi connectivity index (χ1) is 28.6. The van der Waals surface area contributed by atoms with Gasteiger partial charge < -0.3 is 28.8 Å². The van der Waals surface area contributed by atoms with Gasteiger partial charge in [-0.25, -0.2) is 0 Å². The quantitative estimate of drug-likeness (QED) is 0.158. The van der Waals surface area contributed by atoms with Crippen molar-refractivity contribution in [2.24, 2.45) is 36.6 Å². The zero-order chi connectivity index (χ0) is 43.1. The van der Waals surface area contributed by atoms with Gasteiger partial charge in [-0.05, 0) is 92.8 Å². The highest BCUT2D eigenvalue weighted by Gasteiger charge is 2.69. The molecule has 328 valence electrons. The van der Waals surface area contributed by atoms with E-state index in [-0.39, 0.29) is 53.1 Å².